The van der Waals surface area contributed by atoms with E-state index in [0.717, 1.165) is 24.4 Å². The van der Waals surface area contributed by atoms with Gasteiger partial charge in [-0.15, -0.1) is 11.3 Å². The fourth-order valence-electron chi connectivity index (χ4n) is 2.16. The number of aromatic nitrogens is 1. The quantitative estimate of drug-likeness (QED) is 0.764. The number of rotatable bonds is 6. The summed E-state index contributed by atoms with van der Waals surface area (Å²) in [7, 11) is 0. The second kappa shape index (κ2) is 7.36. The van der Waals surface area contributed by atoms with Crippen molar-refractivity contribution in [3.63, 3.8) is 0 Å². The average Bonchev–Trinajstić information content (AvgIpc) is 2.78. The molecular weight excluding hydrogens is 367 g/mol. The van der Waals surface area contributed by atoms with E-state index >= 15 is 0 Å². The maximum Gasteiger partial charge on any atom is 0.0897 e. The molecule has 2 aromatic rings. The van der Waals surface area contributed by atoms with Crippen molar-refractivity contribution in [3.8, 4) is 0 Å². The second-order valence-corrected chi connectivity index (χ2v) is 6.96. The lowest BCUT2D eigenvalue weighted by molar-refractivity contribution is 0.517. The summed E-state index contributed by atoms with van der Waals surface area (Å²) < 4.78 is 1.29. The molecule has 0 aliphatic rings. The highest BCUT2D eigenvalue weighted by atomic mass is 127. The topological polar surface area (TPSA) is 24.9 Å². The minimum atomic E-state index is 0.464. The molecule has 1 atom stereocenters. The molecule has 0 fully saturated rings. The highest BCUT2D eigenvalue weighted by Gasteiger charge is 2.11. The zero-order chi connectivity index (χ0) is 13.7. The third-order valence-electron chi connectivity index (χ3n) is 3.01. The molecule has 0 aliphatic carbocycles. The Morgan fingerprint density at radius 1 is 1.26 bits per heavy atom. The Kier molecular flexibility index (Phi) is 5.78. The predicted molar refractivity (Wildman–Crippen MR) is 90.9 cm³/mol. The van der Waals surface area contributed by atoms with Crippen LogP contribution in [0.2, 0.25) is 0 Å². The van der Waals surface area contributed by atoms with E-state index in [1.54, 1.807) is 11.3 Å². The van der Waals surface area contributed by atoms with Crippen molar-refractivity contribution in [3.05, 3.63) is 49.5 Å². The standard InChI is InChI=1S/C15H19IN2S/c1-3-17-14(9-15-10-19-11(2)18-15)8-12-4-6-13(16)7-5-12/h4-7,10,14,17H,3,8-9H2,1-2H3. The molecule has 102 valence electrons. The van der Waals surface area contributed by atoms with Gasteiger partial charge in [-0.3, -0.25) is 0 Å². The van der Waals surface area contributed by atoms with Crippen LogP contribution in [0, 0.1) is 10.5 Å². The van der Waals surface area contributed by atoms with Crippen LogP contribution in [0.25, 0.3) is 0 Å². The van der Waals surface area contributed by atoms with E-state index in [-0.39, 0.29) is 0 Å². The Morgan fingerprint density at radius 3 is 2.58 bits per heavy atom. The smallest absolute Gasteiger partial charge is 0.0897 e. The molecule has 2 nitrogen and oxygen atoms in total. The zero-order valence-electron chi connectivity index (χ0n) is 11.3. The van der Waals surface area contributed by atoms with E-state index < -0.39 is 0 Å². The van der Waals surface area contributed by atoms with E-state index in [1.165, 1.54) is 14.8 Å². The molecule has 1 N–H and O–H groups in total. The van der Waals surface area contributed by atoms with Gasteiger partial charge in [0, 0.05) is 21.4 Å². The molecule has 19 heavy (non-hydrogen) atoms. The largest absolute Gasteiger partial charge is 0.314 e. The monoisotopic (exact) mass is 386 g/mol. The van der Waals surface area contributed by atoms with Crippen LogP contribution in [0.5, 0.6) is 0 Å². The minimum absolute atomic E-state index is 0.464. The Labute approximate surface area is 132 Å². The Morgan fingerprint density at radius 2 is 2.00 bits per heavy atom. The summed E-state index contributed by atoms with van der Waals surface area (Å²) in [5, 5.41) is 6.89. The Bertz CT molecular complexity index is 507. The maximum atomic E-state index is 4.57. The molecule has 4 heteroatoms. The summed E-state index contributed by atoms with van der Waals surface area (Å²) >= 11 is 4.08. The SMILES string of the molecule is CCNC(Cc1ccc(I)cc1)Cc1csc(C)n1. The molecule has 0 radical (unpaired) electrons. The molecular formula is C15H19IN2S. The van der Waals surface area contributed by atoms with Crippen LogP contribution >= 0.6 is 33.9 Å². The van der Waals surface area contributed by atoms with E-state index in [4.69, 9.17) is 0 Å². The summed E-state index contributed by atoms with van der Waals surface area (Å²) in [5.74, 6) is 0. The summed E-state index contributed by atoms with van der Waals surface area (Å²) in [6.07, 6.45) is 2.06. The molecule has 0 saturated carbocycles. The van der Waals surface area contributed by atoms with Gasteiger partial charge in [0.05, 0.1) is 10.7 Å². The number of likely N-dealkylation sites (N-methyl/N-ethyl adjacent to an activating group) is 1. The molecule has 1 aromatic carbocycles. The van der Waals surface area contributed by atoms with E-state index in [1.807, 2.05) is 0 Å². The molecule has 1 aromatic heterocycles. The third kappa shape index (κ3) is 4.85. The van der Waals surface area contributed by atoms with Gasteiger partial charge in [-0.1, -0.05) is 19.1 Å². The van der Waals surface area contributed by atoms with E-state index in [9.17, 15) is 0 Å². The fourth-order valence-corrected chi connectivity index (χ4v) is 3.15. The van der Waals surface area contributed by atoms with Crippen molar-refractivity contribution < 1.29 is 0 Å². The summed E-state index contributed by atoms with van der Waals surface area (Å²) in [5.41, 5.74) is 2.59. The van der Waals surface area contributed by atoms with Crippen LogP contribution in [-0.4, -0.2) is 17.6 Å². The van der Waals surface area contributed by atoms with Crippen LogP contribution < -0.4 is 5.32 Å². The first kappa shape index (κ1) is 14.9. The van der Waals surface area contributed by atoms with E-state index in [2.05, 4.69) is 76.4 Å². The number of halogens is 1. The first-order valence-corrected chi connectivity index (χ1v) is 8.52. The van der Waals surface area contributed by atoms with Gasteiger partial charge in [0.25, 0.3) is 0 Å². The number of benzene rings is 1. The van der Waals surface area contributed by atoms with Crippen molar-refractivity contribution in [2.24, 2.45) is 0 Å². The van der Waals surface area contributed by atoms with E-state index in [0.29, 0.717) is 6.04 Å². The number of nitrogens with zero attached hydrogens (tertiary/aromatic N) is 1. The van der Waals surface area contributed by atoms with Gasteiger partial charge in [0.1, 0.15) is 0 Å². The van der Waals surface area contributed by atoms with Crippen LogP contribution in [-0.2, 0) is 12.8 Å². The summed E-state index contributed by atoms with van der Waals surface area (Å²) in [6, 6.07) is 9.25. The van der Waals surface area contributed by atoms with Gasteiger partial charge < -0.3 is 5.32 Å². The third-order valence-corrected chi connectivity index (χ3v) is 4.55. The Hall–Kier alpha value is -0.460. The number of aryl methyl sites for hydroxylation is 1. The van der Waals surface area contributed by atoms with Gasteiger partial charge in [-0.2, -0.15) is 0 Å². The minimum Gasteiger partial charge on any atom is -0.314 e. The van der Waals surface area contributed by atoms with Crippen LogP contribution in [0.15, 0.2) is 29.6 Å². The van der Waals surface area contributed by atoms with Crippen LogP contribution in [0.4, 0.5) is 0 Å². The molecule has 0 spiro atoms. The van der Waals surface area contributed by atoms with Crippen molar-refractivity contribution in [2.75, 3.05) is 6.54 Å². The second-order valence-electron chi connectivity index (χ2n) is 4.65. The Balaban J connectivity index is 2.01. The fraction of sp³-hybridized carbons (Fsp3) is 0.400. The van der Waals surface area contributed by atoms with Gasteiger partial charge in [0.2, 0.25) is 0 Å². The lowest BCUT2D eigenvalue weighted by Crippen LogP contribution is -2.33. The zero-order valence-corrected chi connectivity index (χ0v) is 14.3. The molecule has 0 aliphatic heterocycles. The highest BCUT2D eigenvalue weighted by molar-refractivity contribution is 14.1. The molecule has 0 saturated heterocycles. The van der Waals surface area contributed by atoms with Crippen LogP contribution in [0.3, 0.4) is 0 Å². The van der Waals surface area contributed by atoms with Gasteiger partial charge in [-0.05, 0) is 60.2 Å². The van der Waals surface area contributed by atoms with Gasteiger partial charge in [-0.25, -0.2) is 4.98 Å². The van der Waals surface area contributed by atoms with Crippen molar-refractivity contribution in [1.82, 2.24) is 10.3 Å². The highest BCUT2D eigenvalue weighted by Crippen LogP contribution is 2.14. The van der Waals surface area contributed by atoms with Crippen molar-refractivity contribution >= 4 is 33.9 Å². The number of hydrogen-bond donors (Lipinski definition) is 1. The summed E-state index contributed by atoms with van der Waals surface area (Å²) in [4.78, 5) is 4.57. The molecule has 1 unspecified atom stereocenters. The maximum absolute atomic E-state index is 4.57. The average molecular weight is 386 g/mol. The predicted octanol–water partition coefficient (Wildman–Crippen LogP) is 3.82. The molecule has 0 bridgehead atoms. The number of nitrogens with one attached hydrogen (secondary N) is 1. The molecule has 1 heterocycles. The van der Waals surface area contributed by atoms with Gasteiger partial charge in [0.15, 0.2) is 0 Å². The summed E-state index contributed by atoms with van der Waals surface area (Å²) in [6.45, 7) is 5.22. The van der Waals surface area contributed by atoms with Gasteiger partial charge >= 0.3 is 0 Å². The normalized spacial score (nSPS) is 12.6. The van der Waals surface area contributed by atoms with Crippen molar-refractivity contribution in [2.45, 2.75) is 32.7 Å². The lowest BCUT2D eigenvalue weighted by atomic mass is 10.0. The van der Waals surface area contributed by atoms with Crippen LogP contribution in [0.1, 0.15) is 23.2 Å². The van der Waals surface area contributed by atoms with Crippen molar-refractivity contribution in [1.29, 1.82) is 0 Å². The number of thiazole rings is 1. The lowest BCUT2D eigenvalue weighted by Gasteiger charge is -2.17. The molecule has 2 rings (SSSR count). The first-order valence-electron chi connectivity index (χ1n) is 6.56. The molecule has 0 amide bonds. The number of hydrogen-bond acceptors (Lipinski definition) is 3. The first-order chi connectivity index (χ1) is 9.17.